The fraction of sp³-hybridized carbons (Fsp3) is 0.263. The first kappa shape index (κ1) is 20.2. The van der Waals surface area contributed by atoms with Gasteiger partial charge >= 0.3 is 0 Å². The highest BCUT2D eigenvalue weighted by Gasteiger charge is 2.26. The van der Waals surface area contributed by atoms with E-state index in [1.807, 2.05) is 31.2 Å². The van der Waals surface area contributed by atoms with E-state index < -0.39 is 6.04 Å². The van der Waals surface area contributed by atoms with Crippen molar-refractivity contribution in [3.8, 4) is 0 Å². The van der Waals surface area contributed by atoms with Crippen LogP contribution in [0.1, 0.15) is 12.5 Å². The average molecular weight is 371 g/mol. The normalized spacial score (nSPS) is 15.2. The number of hydrogen-bond acceptors (Lipinski definition) is 3. The van der Waals surface area contributed by atoms with E-state index in [2.05, 4.69) is 21.3 Å². The van der Waals surface area contributed by atoms with Crippen molar-refractivity contribution in [1.82, 2.24) is 16.0 Å². The molecule has 0 spiro atoms. The maximum Gasteiger partial charge on any atom is 0.242 e. The maximum absolute atomic E-state index is 12.0. The van der Waals surface area contributed by atoms with Gasteiger partial charge in [0.15, 0.2) is 5.11 Å². The molecule has 6 nitrogen and oxygen atoms in total. The Balaban J connectivity index is 1.60. The third-order valence-electron chi connectivity index (χ3n) is 3.68. The van der Waals surface area contributed by atoms with Crippen LogP contribution in [0.2, 0.25) is 0 Å². The van der Waals surface area contributed by atoms with Gasteiger partial charge in [-0.05, 0) is 63.9 Å². The van der Waals surface area contributed by atoms with Crippen molar-refractivity contribution in [3.63, 3.8) is 0 Å². The molecular formula is C19H23N4O2S. The summed E-state index contributed by atoms with van der Waals surface area (Å²) >= 11 is 5.21. The zero-order valence-electron chi connectivity index (χ0n) is 14.8. The topological polar surface area (TPSA) is 82.3 Å². The number of rotatable bonds is 7. The minimum Gasteiger partial charge on any atom is -0.361 e. The van der Waals surface area contributed by atoms with Crippen molar-refractivity contribution in [2.45, 2.75) is 19.9 Å². The summed E-state index contributed by atoms with van der Waals surface area (Å²) in [7, 11) is 0. The lowest BCUT2D eigenvalue weighted by molar-refractivity contribution is -0.127. The highest BCUT2D eigenvalue weighted by atomic mass is 32.1. The number of aryl methyl sites for hydroxylation is 1. The van der Waals surface area contributed by atoms with Gasteiger partial charge in [0.2, 0.25) is 11.8 Å². The molecule has 1 saturated carbocycles. The molecule has 4 N–H and O–H groups in total. The minimum atomic E-state index is -0.616. The van der Waals surface area contributed by atoms with E-state index in [0.717, 1.165) is 5.69 Å². The number of anilines is 1. The van der Waals surface area contributed by atoms with Crippen LogP contribution in [0.3, 0.4) is 0 Å². The Morgan fingerprint density at radius 1 is 1.04 bits per heavy atom. The summed E-state index contributed by atoms with van der Waals surface area (Å²) < 4.78 is 0. The Kier molecular flexibility index (Phi) is 7.84. The third-order valence-corrected chi connectivity index (χ3v) is 3.93. The Hall–Kier alpha value is -2.15. The summed E-state index contributed by atoms with van der Waals surface area (Å²) in [6.07, 6.45) is 6.95. The number of nitrogens with one attached hydrogen (secondary N) is 4. The monoisotopic (exact) mass is 371 g/mol. The molecule has 1 aliphatic rings. The molecule has 0 bridgehead atoms. The van der Waals surface area contributed by atoms with Crippen LogP contribution in [0.25, 0.3) is 0 Å². The molecule has 1 fully saturated rings. The average Bonchev–Trinajstić information content (AvgIpc) is 3.15. The molecule has 1 aliphatic carbocycles. The first-order valence-corrected chi connectivity index (χ1v) is 8.78. The van der Waals surface area contributed by atoms with E-state index in [1.165, 1.54) is 5.56 Å². The van der Waals surface area contributed by atoms with Gasteiger partial charge in [-0.25, -0.2) is 0 Å². The number of thiocarbonyl (C=S) groups is 1. The first-order chi connectivity index (χ1) is 12.5. The predicted molar refractivity (Wildman–Crippen MR) is 106 cm³/mol. The summed E-state index contributed by atoms with van der Waals surface area (Å²) in [5, 5.41) is 12.0. The van der Waals surface area contributed by atoms with Gasteiger partial charge in [0.25, 0.3) is 0 Å². The molecule has 1 aromatic rings. The zero-order chi connectivity index (χ0) is 18.9. The highest BCUT2D eigenvalue weighted by molar-refractivity contribution is 7.80. The molecule has 0 saturated heterocycles. The van der Waals surface area contributed by atoms with Gasteiger partial charge in [0.05, 0.1) is 5.92 Å². The van der Waals surface area contributed by atoms with Crippen LogP contribution < -0.4 is 21.3 Å². The maximum atomic E-state index is 12.0. The fourth-order valence-electron chi connectivity index (χ4n) is 2.20. The SMILES string of the molecule is Cc1ccc(NC(=S)NCCNC(=O)[C@H](C)NC(=O)[C]2[CH][CH][CH][CH]2)cc1. The quantitative estimate of drug-likeness (QED) is 0.429. The molecule has 7 heteroatoms. The second kappa shape index (κ2) is 10.1. The number of amides is 2. The second-order valence-electron chi connectivity index (χ2n) is 5.91. The van der Waals surface area contributed by atoms with Crippen LogP contribution in [0.4, 0.5) is 5.69 Å². The van der Waals surface area contributed by atoms with Gasteiger partial charge < -0.3 is 21.3 Å². The molecule has 0 unspecified atom stereocenters. The summed E-state index contributed by atoms with van der Waals surface area (Å²) in [6.45, 7) is 4.54. The third kappa shape index (κ3) is 6.63. The summed E-state index contributed by atoms with van der Waals surface area (Å²) in [5.74, 6) is 0.0298. The standard InChI is InChI=1S/C19H23N4O2S/c1-13-7-9-16(10-8-13)23-19(26)21-12-11-20-17(24)14(2)22-18(25)15-5-3-4-6-15/h3-10,14H,11-12H2,1-2H3,(H,20,24)(H,22,25)(H2,21,23,26)/t14-/m0/s1. The van der Waals surface area contributed by atoms with Crippen molar-refractivity contribution in [2.75, 3.05) is 18.4 Å². The molecule has 137 valence electrons. The second-order valence-corrected chi connectivity index (χ2v) is 6.31. The lowest BCUT2D eigenvalue weighted by Gasteiger charge is -2.16. The van der Waals surface area contributed by atoms with Crippen LogP contribution in [-0.4, -0.2) is 36.1 Å². The van der Waals surface area contributed by atoms with Gasteiger partial charge in [-0.3, -0.25) is 9.59 Å². The number of carbonyl (C=O) groups excluding carboxylic acids is 2. The van der Waals surface area contributed by atoms with Gasteiger partial charge in [-0.2, -0.15) is 0 Å². The van der Waals surface area contributed by atoms with E-state index >= 15 is 0 Å². The largest absolute Gasteiger partial charge is 0.361 e. The molecule has 0 heterocycles. The Labute approximate surface area is 160 Å². The predicted octanol–water partition coefficient (Wildman–Crippen LogP) is 1.31. The van der Waals surface area contributed by atoms with E-state index in [0.29, 0.717) is 24.1 Å². The van der Waals surface area contributed by atoms with Gasteiger partial charge in [-0.15, -0.1) is 0 Å². The lowest BCUT2D eigenvalue weighted by atomic mass is 10.1. The fourth-order valence-corrected chi connectivity index (χ4v) is 2.42. The Bertz CT molecular complexity index is 627. The lowest BCUT2D eigenvalue weighted by Crippen LogP contribution is -2.47. The smallest absolute Gasteiger partial charge is 0.242 e. The number of carbonyl (C=O) groups is 2. The molecule has 2 rings (SSSR count). The molecular weight excluding hydrogens is 348 g/mol. The van der Waals surface area contributed by atoms with Crippen LogP contribution in [0.5, 0.6) is 0 Å². The molecule has 2 amide bonds. The minimum absolute atomic E-state index is 0.246. The molecule has 1 aromatic carbocycles. The van der Waals surface area contributed by atoms with Crippen molar-refractivity contribution in [3.05, 3.63) is 61.4 Å². The van der Waals surface area contributed by atoms with Crippen molar-refractivity contribution < 1.29 is 9.59 Å². The molecule has 26 heavy (non-hydrogen) atoms. The summed E-state index contributed by atoms with van der Waals surface area (Å²) in [5.41, 5.74) is 2.08. The van der Waals surface area contributed by atoms with Crippen LogP contribution >= 0.6 is 12.2 Å². The van der Waals surface area contributed by atoms with Crippen molar-refractivity contribution in [2.24, 2.45) is 0 Å². The van der Waals surface area contributed by atoms with Gasteiger partial charge in [0, 0.05) is 18.8 Å². The Morgan fingerprint density at radius 2 is 1.65 bits per heavy atom. The molecule has 0 aromatic heterocycles. The Morgan fingerprint density at radius 3 is 2.31 bits per heavy atom. The van der Waals surface area contributed by atoms with Crippen LogP contribution in [0, 0.1) is 38.5 Å². The highest BCUT2D eigenvalue weighted by Crippen LogP contribution is 2.22. The summed E-state index contributed by atoms with van der Waals surface area (Å²) in [4.78, 5) is 23.9. The van der Waals surface area contributed by atoms with Gasteiger partial charge in [-0.1, -0.05) is 17.7 Å². The van der Waals surface area contributed by atoms with Crippen molar-refractivity contribution in [1.29, 1.82) is 0 Å². The number of benzene rings is 1. The summed E-state index contributed by atoms with van der Waals surface area (Å²) in [6, 6.07) is 7.27. The molecule has 0 aliphatic heterocycles. The van der Waals surface area contributed by atoms with Crippen LogP contribution in [-0.2, 0) is 9.59 Å². The molecule has 5 radical (unpaired) electrons. The van der Waals surface area contributed by atoms with E-state index in [1.54, 1.807) is 32.6 Å². The van der Waals surface area contributed by atoms with Gasteiger partial charge in [0.1, 0.15) is 6.04 Å². The van der Waals surface area contributed by atoms with E-state index in [4.69, 9.17) is 12.2 Å². The van der Waals surface area contributed by atoms with E-state index in [9.17, 15) is 9.59 Å². The first-order valence-electron chi connectivity index (χ1n) is 8.37. The van der Waals surface area contributed by atoms with E-state index in [-0.39, 0.29) is 11.8 Å². The zero-order valence-corrected chi connectivity index (χ0v) is 15.7. The van der Waals surface area contributed by atoms with Crippen LogP contribution in [0.15, 0.2) is 24.3 Å². The molecule has 1 atom stereocenters. The van der Waals surface area contributed by atoms with Crippen molar-refractivity contribution >= 4 is 34.8 Å². The number of hydrogen-bond donors (Lipinski definition) is 4.